The zero-order chi connectivity index (χ0) is 11.2. The summed E-state index contributed by atoms with van der Waals surface area (Å²) >= 11 is 0. The first-order chi connectivity index (χ1) is 6.41. The summed E-state index contributed by atoms with van der Waals surface area (Å²) in [7, 11) is 0. The van der Waals surface area contributed by atoms with Gasteiger partial charge in [-0.25, -0.2) is 0 Å². The van der Waals surface area contributed by atoms with Crippen molar-refractivity contribution < 1.29 is 13.2 Å². The zero-order valence-corrected chi connectivity index (χ0v) is 8.65. The minimum atomic E-state index is -4.27. The monoisotopic (exact) mass is 204 g/mol. The van der Waals surface area contributed by atoms with Crippen LogP contribution in [0.25, 0.3) is 0 Å². The second-order valence-corrected chi connectivity index (χ2v) is 2.99. The molecule has 0 amide bonds. The van der Waals surface area contributed by atoms with Gasteiger partial charge in [0.2, 0.25) is 0 Å². The number of alkyl halides is 3. The zero-order valence-electron chi connectivity index (χ0n) is 8.65. The minimum Gasteiger partial charge on any atom is -0.166 e. The van der Waals surface area contributed by atoms with Gasteiger partial charge in [0.1, 0.15) is 0 Å². The summed E-state index contributed by atoms with van der Waals surface area (Å²) in [6, 6.07) is 0. The van der Waals surface area contributed by atoms with E-state index in [-0.39, 0.29) is 0 Å². The summed E-state index contributed by atoms with van der Waals surface area (Å²) in [6.07, 6.45) is 1.56. The Kier molecular flexibility index (Phi) is 5.28. The van der Waals surface area contributed by atoms with E-state index >= 15 is 0 Å². The molecule has 0 nitrogen and oxygen atoms in total. The Morgan fingerprint density at radius 3 is 2.14 bits per heavy atom. The molecule has 0 unspecified atom stereocenters. The van der Waals surface area contributed by atoms with Crippen LogP contribution >= 0.6 is 0 Å². The number of halogens is 3. The number of rotatable bonds is 3. The molecule has 0 aromatic heterocycles. The van der Waals surface area contributed by atoms with Crippen LogP contribution in [0.5, 0.6) is 0 Å². The lowest BCUT2D eigenvalue weighted by Gasteiger charge is -2.06. The molecule has 0 heterocycles. The van der Waals surface area contributed by atoms with Crippen LogP contribution in [0.1, 0.15) is 27.2 Å². The Balaban J connectivity index is 4.84. The molecule has 0 aromatic rings. The van der Waals surface area contributed by atoms with Crippen molar-refractivity contribution in [1.82, 2.24) is 0 Å². The molecule has 0 bridgehead atoms. The highest BCUT2D eigenvalue weighted by atomic mass is 19.4. The molecule has 0 aliphatic carbocycles. The van der Waals surface area contributed by atoms with Crippen molar-refractivity contribution in [3.05, 3.63) is 35.5 Å². The average molecular weight is 204 g/mol. The van der Waals surface area contributed by atoms with Crippen molar-refractivity contribution in [3.63, 3.8) is 0 Å². The van der Waals surface area contributed by atoms with Crippen LogP contribution in [0.3, 0.4) is 0 Å². The van der Waals surface area contributed by atoms with Crippen LogP contribution < -0.4 is 0 Å². The van der Waals surface area contributed by atoms with Crippen LogP contribution in [-0.2, 0) is 0 Å². The third-order valence-electron chi connectivity index (χ3n) is 1.78. The molecule has 0 aromatic carbocycles. The van der Waals surface area contributed by atoms with E-state index in [2.05, 4.69) is 0 Å². The lowest BCUT2D eigenvalue weighted by atomic mass is 10.1. The molecule has 0 fully saturated rings. The van der Waals surface area contributed by atoms with Crippen LogP contribution in [0.15, 0.2) is 35.5 Å². The molecule has 0 aliphatic rings. The minimum absolute atomic E-state index is 0.618. The van der Waals surface area contributed by atoms with Gasteiger partial charge in [-0.2, -0.15) is 13.2 Å². The van der Waals surface area contributed by atoms with Crippen molar-refractivity contribution in [2.75, 3.05) is 0 Å². The van der Waals surface area contributed by atoms with E-state index in [1.165, 1.54) is 12.2 Å². The summed E-state index contributed by atoms with van der Waals surface area (Å²) < 4.78 is 36.9. The van der Waals surface area contributed by atoms with Crippen LogP contribution in [0, 0.1) is 0 Å². The van der Waals surface area contributed by atoms with E-state index in [1.807, 2.05) is 6.92 Å². The van der Waals surface area contributed by atoms with Gasteiger partial charge in [-0.3, -0.25) is 0 Å². The van der Waals surface area contributed by atoms with E-state index in [0.29, 0.717) is 0 Å². The van der Waals surface area contributed by atoms with Gasteiger partial charge in [0, 0.05) is 0 Å². The first-order valence-corrected chi connectivity index (χ1v) is 4.49. The van der Waals surface area contributed by atoms with Crippen molar-refractivity contribution in [1.29, 1.82) is 0 Å². The second-order valence-electron chi connectivity index (χ2n) is 2.99. The predicted octanol–water partition coefficient (Wildman–Crippen LogP) is 4.41. The van der Waals surface area contributed by atoms with Gasteiger partial charge in [-0.15, -0.1) is 0 Å². The highest BCUT2D eigenvalue weighted by Crippen LogP contribution is 2.26. The summed E-state index contributed by atoms with van der Waals surface area (Å²) in [4.78, 5) is 0. The number of hydrogen-bond acceptors (Lipinski definition) is 0. The molecule has 0 spiro atoms. The first kappa shape index (κ1) is 13.0. The highest BCUT2D eigenvalue weighted by molar-refractivity contribution is 5.29. The normalized spacial score (nSPS) is 15.3. The quantitative estimate of drug-likeness (QED) is 0.597. The number of hydrogen-bond donors (Lipinski definition) is 0. The van der Waals surface area contributed by atoms with E-state index in [4.69, 9.17) is 0 Å². The van der Waals surface area contributed by atoms with Gasteiger partial charge in [-0.1, -0.05) is 36.8 Å². The van der Waals surface area contributed by atoms with Gasteiger partial charge in [-0.05, 0) is 20.3 Å². The molecule has 0 rings (SSSR count). The molecular formula is C11H15F3. The second kappa shape index (κ2) is 5.68. The SMILES string of the molecule is C/C=C/C(=C\C=C(\C)CC)C(F)(F)F. The van der Waals surface area contributed by atoms with Crippen LogP contribution in [0.4, 0.5) is 13.2 Å². The molecule has 0 atom stereocenters. The van der Waals surface area contributed by atoms with Gasteiger partial charge in [0.25, 0.3) is 0 Å². The Labute approximate surface area is 82.8 Å². The first-order valence-electron chi connectivity index (χ1n) is 4.49. The van der Waals surface area contributed by atoms with E-state index < -0.39 is 11.7 Å². The third kappa shape index (κ3) is 4.90. The van der Waals surface area contributed by atoms with Crippen LogP contribution in [-0.4, -0.2) is 6.18 Å². The van der Waals surface area contributed by atoms with Crippen molar-refractivity contribution in [2.45, 2.75) is 33.4 Å². The van der Waals surface area contributed by atoms with Gasteiger partial charge in [0.15, 0.2) is 0 Å². The lowest BCUT2D eigenvalue weighted by molar-refractivity contribution is -0.0881. The Bertz CT molecular complexity index is 254. The lowest BCUT2D eigenvalue weighted by Crippen LogP contribution is -2.09. The van der Waals surface area contributed by atoms with Crippen LogP contribution in [0.2, 0.25) is 0 Å². The van der Waals surface area contributed by atoms with Gasteiger partial charge in [0.05, 0.1) is 5.57 Å². The van der Waals surface area contributed by atoms with Gasteiger partial charge < -0.3 is 0 Å². The molecule has 14 heavy (non-hydrogen) atoms. The van der Waals surface area contributed by atoms with E-state index in [1.54, 1.807) is 13.8 Å². The Morgan fingerprint density at radius 2 is 1.79 bits per heavy atom. The predicted molar refractivity (Wildman–Crippen MR) is 53.0 cm³/mol. The summed E-state index contributed by atoms with van der Waals surface area (Å²) in [5.74, 6) is 0. The molecule has 3 heteroatoms. The maximum atomic E-state index is 12.3. The van der Waals surface area contributed by atoms with Gasteiger partial charge >= 0.3 is 6.18 Å². The maximum Gasteiger partial charge on any atom is 0.416 e. The third-order valence-corrected chi connectivity index (χ3v) is 1.78. The molecule has 0 radical (unpaired) electrons. The molecule has 0 saturated carbocycles. The fraction of sp³-hybridized carbons (Fsp3) is 0.455. The fourth-order valence-electron chi connectivity index (χ4n) is 0.774. The van der Waals surface area contributed by atoms with Crippen molar-refractivity contribution >= 4 is 0 Å². The van der Waals surface area contributed by atoms with Crippen molar-refractivity contribution in [3.8, 4) is 0 Å². The smallest absolute Gasteiger partial charge is 0.166 e. The van der Waals surface area contributed by atoms with Crippen molar-refractivity contribution in [2.24, 2.45) is 0 Å². The average Bonchev–Trinajstić information content (AvgIpc) is 2.09. The maximum absolute atomic E-state index is 12.3. The van der Waals surface area contributed by atoms with E-state index in [0.717, 1.165) is 24.1 Å². The Morgan fingerprint density at radius 1 is 1.21 bits per heavy atom. The summed E-state index contributed by atoms with van der Waals surface area (Å²) in [5.41, 5.74) is 0.309. The fourth-order valence-corrected chi connectivity index (χ4v) is 0.774. The largest absolute Gasteiger partial charge is 0.416 e. The topological polar surface area (TPSA) is 0 Å². The highest BCUT2D eigenvalue weighted by Gasteiger charge is 2.30. The van der Waals surface area contributed by atoms with E-state index in [9.17, 15) is 13.2 Å². The molecule has 80 valence electrons. The molecular weight excluding hydrogens is 189 g/mol. The Hall–Kier alpha value is -0.990. The molecule has 0 aliphatic heterocycles. The number of allylic oxidation sites excluding steroid dienone is 6. The summed E-state index contributed by atoms with van der Waals surface area (Å²) in [6.45, 7) is 5.28. The summed E-state index contributed by atoms with van der Waals surface area (Å²) in [5, 5.41) is 0. The molecule has 0 N–H and O–H groups in total. The standard InChI is InChI=1S/C11H15F3/c1-4-6-10(11(12,13)14)8-7-9(3)5-2/h4,6-8H,5H2,1-3H3/b6-4+,9-7-,10-8+. The molecule has 0 saturated heterocycles.